The van der Waals surface area contributed by atoms with Crippen molar-refractivity contribution >= 4 is 40.7 Å². The number of rotatable bonds is 3. The highest BCUT2D eigenvalue weighted by Gasteiger charge is 2.28. The third-order valence-corrected chi connectivity index (χ3v) is 6.63. The monoisotopic (exact) mass is 358 g/mol. The van der Waals surface area contributed by atoms with Crippen LogP contribution in [0.4, 0.5) is 0 Å². The van der Waals surface area contributed by atoms with Gasteiger partial charge >= 0.3 is 5.97 Å². The molecule has 0 atom stereocenters. The summed E-state index contributed by atoms with van der Waals surface area (Å²) in [7, 11) is 0. The first-order chi connectivity index (χ1) is 11.3. The lowest BCUT2D eigenvalue weighted by Gasteiger charge is -2.33. The molecule has 0 unspecified atom stereocenters. The fourth-order valence-electron chi connectivity index (χ4n) is 3.14. The molecule has 0 amide bonds. The topological polar surface area (TPSA) is 37.3 Å². The normalized spacial score (nSPS) is 16.8. The summed E-state index contributed by atoms with van der Waals surface area (Å²) >= 11 is 3.43. The van der Waals surface area contributed by atoms with E-state index in [2.05, 4.69) is 45.9 Å². The number of hydrogen-bond donors (Lipinski definition) is 1. The Bertz CT molecular complexity index is 828. The van der Waals surface area contributed by atoms with Crippen LogP contribution in [0.1, 0.15) is 59.1 Å². The molecular formula is C20H22O2S2. The first-order valence-electron chi connectivity index (χ1n) is 8.06. The SMILES string of the molecule is C/C(=C\c1cc(C(=O)O)cs1)c1cc2c(cc1C)SCCC2(C)C. The van der Waals surface area contributed by atoms with Gasteiger partial charge in [-0.1, -0.05) is 13.8 Å². The van der Waals surface area contributed by atoms with E-state index in [1.54, 1.807) is 11.4 Å². The Labute approximate surface area is 151 Å². The van der Waals surface area contributed by atoms with Crippen molar-refractivity contribution < 1.29 is 9.90 Å². The molecule has 3 rings (SSSR count). The van der Waals surface area contributed by atoms with Gasteiger partial charge in [-0.05, 0) is 78.0 Å². The second-order valence-corrected chi connectivity index (χ2v) is 9.10. The Morgan fingerprint density at radius 2 is 2.04 bits per heavy atom. The largest absolute Gasteiger partial charge is 0.478 e. The van der Waals surface area contributed by atoms with Crippen LogP contribution in [-0.2, 0) is 5.41 Å². The van der Waals surface area contributed by atoms with E-state index in [9.17, 15) is 4.79 Å². The highest BCUT2D eigenvalue weighted by Crippen LogP contribution is 2.43. The number of fused-ring (bicyclic) bond motifs is 1. The summed E-state index contributed by atoms with van der Waals surface area (Å²) in [4.78, 5) is 13.4. The summed E-state index contributed by atoms with van der Waals surface area (Å²) < 4.78 is 0. The Kier molecular flexibility index (Phi) is 4.63. The van der Waals surface area contributed by atoms with Crippen molar-refractivity contribution in [2.75, 3.05) is 5.75 Å². The van der Waals surface area contributed by atoms with Crippen molar-refractivity contribution in [3.05, 3.63) is 50.7 Å². The molecule has 0 saturated carbocycles. The number of thiophene rings is 1. The first-order valence-corrected chi connectivity index (χ1v) is 9.93. The lowest BCUT2D eigenvalue weighted by molar-refractivity contribution is 0.0697. The van der Waals surface area contributed by atoms with Crippen LogP contribution in [0.3, 0.4) is 0 Å². The van der Waals surface area contributed by atoms with Crippen molar-refractivity contribution in [1.29, 1.82) is 0 Å². The third kappa shape index (κ3) is 3.31. The van der Waals surface area contributed by atoms with Gasteiger partial charge < -0.3 is 5.11 Å². The lowest BCUT2D eigenvalue weighted by Crippen LogP contribution is -2.23. The van der Waals surface area contributed by atoms with E-state index < -0.39 is 5.97 Å². The van der Waals surface area contributed by atoms with Gasteiger partial charge in [0, 0.05) is 15.2 Å². The van der Waals surface area contributed by atoms with E-state index in [1.807, 2.05) is 11.8 Å². The number of allylic oxidation sites excluding steroid dienone is 1. The fraction of sp³-hybridized carbons (Fsp3) is 0.350. The number of carboxylic acid groups (broad SMARTS) is 1. The van der Waals surface area contributed by atoms with Crippen molar-refractivity contribution in [3.63, 3.8) is 0 Å². The number of benzene rings is 1. The number of carbonyl (C=O) groups is 1. The van der Waals surface area contributed by atoms with Gasteiger partial charge in [-0.15, -0.1) is 23.1 Å². The quantitative estimate of drug-likeness (QED) is 0.721. The van der Waals surface area contributed by atoms with Crippen molar-refractivity contribution in [2.45, 2.75) is 44.4 Å². The minimum Gasteiger partial charge on any atom is -0.478 e. The first kappa shape index (κ1) is 17.3. The summed E-state index contributed by atoms with van der Waals surface area (Å²) in [6.07, 6.45) is 3.29. The zero-order valence-electron chi connectivity index (χ0n) is 14.5. The molecule has 0 radical (unpaired) electrons. The van der Waals surface area contributed by atoms with Crippen LogP contribution in [0.25, 0.3) is 11.6 Å². The standard InChI is InChI=1S/C20H22O2S2/c1-12(7-15-9-14(11-24-15)19(21)22)16-10-17-18(8-13(16)2)23-6-5-20(17,3)4/h7-11H,5-6H2,1-4H3,(H,21,22)/b12-7+. The van der Waals surface area contributed by atoms with E-state index >= 15 is 0 Å². The van der Waals surface area contributed by atoms with Gasteiger partial charge in [-0.2, -0.15) is 0 Å². The van der Waals surface area contributed by atoms with E-state index in [4.69, 9.17) is 5.11 Å². The van der Waals surface area contributed by atoms with Crippen molar-refractivity contribution in [1.82, 2.24) is 0 Å². The number of hydrogen-bond acceptors (Lipinski definition) is 3. The number of aryl methyl sites for hydroxylation is 1. The summed E-state index contributed by atoms with van der Waals surface area (Å²) in [6.45, 7) is 8.91. The third-order valence-electron chi connectivity index (χ3n) is 4.69. The molecule has 0 aliphatic carbocycles. The maximum Gasteiger partial charge on any atom is 0.336 e. The fourth-order valence-corrected chi connectivity index (χ4v) is 5.59. The zero-order valence-corrected chi connectivity index (χ0v) is 16.1. The van der Waals surface area contributed by atoms with Gasteiger partial charge in [-0.25, -0.2) is 4.79 Å². The molecule has 0 fully saturated rings. The van der Waals surface area contributed by atoms with Crippen LogP contribution < -0.4 is 0 Å². The Hall–Kier alpha value is -1.52. The second-order valence-electron chi connectivity index (χ2n) is 7.02. The molecule has 2 aromatic rings. The predicted molar refractivity (Wildman–Crippen MR) is 104 cm³/mol. The Morgan fingerprint density at radius 3 is 2.71 bits per heavy atom. The molecule has 1 aromatic carbocycles. The van der Waals surface area contributed by atoms with E-state index in [-0.39, 0.29) is 5.41 Å². The smallest absolute Gasteiger partial charge is 0.336 e. The van der Waals surface area contributed by atoms with Gasteiger partial charge in [0.15, 0.2) is 0 Å². The van der Waals surface area contributed by atoms with Gasteiger partial charge in [0.1, 0.15) is 0 Å². The Balaban J connectivity index is 2.02. The molecule has 1 aliphatic heterocycles. The van der Waals surface area contributed by atoms with Crippen LogP contribution in [0.5, 0.6) is 0 Å². The molecule has 24 heavy (non-hydrogen) atoms. The van der Waals surface area contributed by atoms with E-state index in [0.29, 0.717) is 5.56 Å². The molecule has 2 heterocycles. The van der Waals surface area contributed by atoms with Gasteiger partial charge in [-0.3, -0.25) is 0 Å². The van der Waals surface area contributed by atoms with Crippen LogP contribution >= 0.6 is 23.1 Å². The van der Waals surface area contributed by atoms with Crippen LogP contribution in [0.2, 0.25) is 0 Å². The highest BCUT2D eigenvalue weighted by molar-refractivity contribution is 7.99. The molecule has 1 aromatic heterocycles. The second kappa shape index (κ2) is 6.41. The van der Waals surface area contributed by atoms with Gasteiger partial charge in [0.2, 0.25) is 0 Å². The van der Waals surface area contributed by atoms with Gasteiger partial charge in [0.25, 0.3) is 0 Å². The molecule has 1 aliphatic rings. The molecule has 126 valence electrons. The summed E-state index contributed by atoms with van der Waals surface area (Å²) in [6, 6.07) is 6.39. The summed E-state index contributed by atoms with van der Waals surface area (Å²) in [5, 5.41) is 10.8. The Morgan fingerprint density at radius 1 is 1.29 bits per heavy atom. The highest BCUT2D eigenvalue weighted by atomic mass is 32.2. The van der Waals surface area contributed by atoms with E-state index in [1.165, 1.54) is 50.7 Å². The molecule has 1 N–H and O–H groups in total. The number of thioether (sulfide) groups is 1. The molecular weight excluding hydrogens is 336 g/mol. The minimum atomic E-state index is -0.868. The molecule has 0 saturated heterocycles. The molecule has 0 spiro atoms. The van der Waals surface area contributed by atoms with Crippen molar-refractivity contribution in [3.8, 4) is 0 Å². The van der Waals surface area contributed by atoms with E-state index in [0.717, 1.165) is 4.88 Å². The maximum absolute atomic E-state index is 11.0. The maximum atomic E-state index is 11.0. The number of carboxylic acids is 1. The minimum absolute atomic E-state index is 0.211. The lowest BCUT2D eigenvalue weighted by atomic mass is 9.80. The average molecular weight is 359 g/mol. The van der Waals surface area contributed by atoms with Crippen LogP contribution in [0.15, 0.2) is 28.5 Å². The molecule has 0 bridgehead atoms. The summed E-state index contributed by atoms with van der Waals surface area (Å²) in [5.74, 6) is 0.313. The summed E-state index contributed by atoms with van der Waals surface area (Å²) in [5.41, 5.74) is 5.73. The molecule has 2 nitrogen and oxygen atoms in total. The van der Waals surface area contributed by atoms with Crippen LogP contribution in [0, 0.1) is 6.92 Å². The molecule has 4 heteroatoms. The van der Waals surface area contributed by atoms with Gasteiger partial charge in [0.05, 0.1) is 5.56 Å². The van der Waals surface area contributed by atoms with Crippen LogP contribution in [-0.4, -0.2) is 16.8 Å². The zero-order chi connectivity index (χ0) is 17.5. The average Bonchev–Trinajstić information content (AvgIpc) is 2.95. The predicted octanol–water partition coefficient (Wildman–Crippen LogP) is 6.09. The van der Waals surface area contributed by atoms with Crippen molar-refractivity contribution in [2.24, 2.45) is 0 Å². The number of aromatic carboxylic acids is 1.